The maximum atomic E-state index is 12.1. The van der Waals surface area contributed by atoms with Gasteiger partial charge in [0.05, 0.1) is 11.1 Å². The van der Waals surface area contributed by atoms with Gasteiger partial charge in [-0.2, -0.15) is 0 Å². The van der Waals surface area contributed by atoms with E-state index in [2.05, 4.69) is 0 Å². The maximum Gasteiger partial charge on any atom is 0.269 e. The van der Waals surface area contributed by atoms with Gasteiger partial charge in [-0.1, -0.05) is 0 Å². The Balaban J connectivity index is 3.39. The summed E-state index contributed by atoms with van der Waals surface area (Å²) < 4.78 is 24.2. The number of pyridine rings is 1. The summed E-state index contributed by atoms with van der Waals surface area (Å²) in [6, 6.07) is 0.784. The highest BCUT2D eigenvalue weighted by molar-refractivity contribution is 5.81. The van der Waals surface area contributed by atoms with Crippen molar-refractivity contribution < 1.29 is 13.6 Å². The van der Waals surface area contributed by atoms with Crippen molar-refractivity contribution in [2.45, 2.75) is 6.43 Å². The minimum absolute atomic E-state index is 0.144. The Morgan fingerprint density at radius 3 is 2.62 bits per heavy atom. The molecule has 3 N–H and O–H groups in total. The molecule has 1 heterocycles. The van der Waals surface area contributed by atoms with Crippen molar-refractivity contribution in [2.75, 3.05) is 5.73 Å². The fourth-order valence-corrected chi connectivity index (χ4v) is 0.837. The lowest BCUT2D eigenvalue weighted by atomic mass is 10.2. The molecule has 0 saturated heterocycles. The summed E-state index contributed by atoms with van der Waals surface area (Å²) in [6.45, 7) is 0. The summed E-state index contributed by atoms with van der Waals surface area (Å²) >= 11 is 0. The molecule has 0 aromatic carbocycles. The number of hydrogen-bond donors (Lipinski definition) is 2. The molecule has 1 aromatic rings. The molecule has 1 aromatic heterocycles. The zero-order valence-corrected chi connectivity index (χ0v) is 6.38. The van der Waals surface area contributed by atoms with Gasteiger partial charge in [0.25, 0.3) is 12.0 Å². The molecule has 0 atom stereocenters. The molecular weight excluding hydrogens is 182 g/mol. The largest absolute Gasteiger partial charge is 0.385 e. The van der Waals surface area contributed by atoms with E-state index in [0.29, 0.717) is 6.29 Å². The first-order valence-electron chi connectivity index (χ1n) is 3.32. The van der Waals surface area contributed by atoms with Crippen LogP contribution in [0.25, 0.3) is 0 Å². The molecule has 4 nitrogen and oxygen atoms in total. The second-order valence-electron chi connectivity index (χ2n) is 2.34. The number of anilines is 1. The first-order chi connectivity index (χ1) is 6.06. The lowest BCUT2D eigenvalue weighted by molar-refractivity contribution is 0.112. The maximum absolute atomic E-state index is 12.1. The molecule has 0 amide bonds. The van der Waals surface area contributed by atoms with E-state index in [-0.39, 0.29) is 11.4 Å². The molecule has 0 spiro atoms. The van der Waals surface area contributed by atoms with Crippen LogP contribution in [0.3, 0.4) is 0 Å². The van der Waals surface area contributed by atoms with Crippen molar-refractivity contribution in [3.8, 4) is 0 Å². The zero-order valence-electron chi connectivity index (χ0n) is 6.38. The Labute approximate surface area is 71.4 Å². The fourth-order valence-electron chi connectivity index (χ4n) is 0.837. The highest BCUT2D eigenvalue weighted by Crippen LogP contribution is 2.16. The molecule has 0 aliphatic rings. The van der Waals surface area contributed by atoms with Gasteiger partial charge in [-0.25, -0.2) is 8.78 Å². The summed E-state index contributed by atoms with van der Waals surface area (Å²) in [6.07, 6.45) is -2.61. The molecule has 0 fully saturated rings. The van der Waals surface area contributed by atoms with Crippen molar-refractivity contribution in [1.82, 2.24) is 4.98 Å². The van der Waals surface area contributed by atoms with E-state index in [9.17, 15) is 18.4 Å². The number of carbonyl (C=O) groups is 1. The number of nitrogen functional groups attached to an aromatic ring is 1. The third-order valence-electron chi connectivity index (χ3n) is 1.49. The molecule has 0 aliphatic heterocycles. The highest BCUT2D eigenvalue weighted by atomic mass is 19.3. The first-order valence-corrected chi connectivity index (χ1v) is 3.32. The third-order valence-corrected chi connectivity index (χ3v) is 1.49. The van der Waals surface area contributed by atoms with E-state index in [1.54, 1.807) is 0 Å². The second-order valence-corrected chi connectivity index (χ2v) is 2.34. The topological polar surface area (TPSA) is 76.0 Å². The van der Waals surface area contributed by atoms with E-state index in [4.69, 9.17) is 5.73 Å². The van der Waals surface area contributed by atoms with Crippen molar-refractivity contribution in [3.63, 3.8) is 0 Å². The van der Waals surface area contributed by atoms with Crippen LogP contribution in [0.5, 0.6) is 0 Å². The van der Waals surface area contributed by atoms with E-state index >= 15 is 0 Å². The van der Waals surface area contributed by atoms with E-state index in [1.165, 1.54) is 0 Å². The standard InChI is InChI=1S/C7H6F2N2O2/c8-5(9)4-1-3(2-12)6(10)11-7(4)13/h1-2,5H,(H3,10,11,13). The van der Waals surface area contributed by atoms with Crippen LogP contribution in [0.2, 0.25) is 0 Å². The molecule has 0 aliphatic carbocycles. The van der Waals surface area contributed by atoms with Crippen LogP contribution in [0, 0.1) is 0 Å². The zero-order chi connectivity index (χ0) is 10.0. The van der Waals surface area contributed by atoms with Crippen LogP contribution in [-0.2, 0) is 0 Å². The highest BCUT2D eigenvalue weighted by Gasteiger charge is 2.14. The molecule has 0 bridgehead atoms. The van der Waals surface area contributed by atoms with Crippen LogP contribution < -0.4 is 11.3 Å². The summed E-state index contributed by atoms with van der Waals surface area (Å²) in [5.74, 6) is -0.204. The summed E-state index contributed by atoms with van der Waals surface area (Å²) in [7, 11) is 0. The average Bonchev–Trinajstić information content (AvgIpc) is 2.03. The van der Waals surface area contributed by atoms with E-state index < -0.39 is 17.5 Å². The van der Waals surface area contributed by atoms with Crippen molar-refractivity contribution in [1.29, 1.82) is 0 Å². The number of nitrogens with one attached hydrogen (secondary N) is 1. The summed E-state index contributed by atoms with van der Waals surface area (Å²) in [5, 5.41) is 0. The lowest BCUT2D eigenvalue weighted by Crippen LogP contribution is -2.16. The number of aldehydes is 1. The van der Waals surface area contributed by atoms with Gasteiger partial charge in [0.1, 0.15) is 5.82 Å². The predicted octanol–water partition coefficient (Wildman–Crippen LogP) is 0.707. The smallest absolute Gasteiger partial charge is 0.269 e. The summed E-state index contributed by atoms with van der Waals surface area (Å²) in [5.41, 5.74) is 3.30. The molecular formula is C7H6F2N2O2. The van der Waals surface area contributed by atoms with E-state index in [1.807, 2.05) is 4.98 Å². The predicted molar refractivity (Wildman–Crippen MR) is 41.8 cm³/mol. The molecule has 13 heavy (non-hydrogen) atoms. The number of carbonyl (C=O) groups excluding carboxylic acids is 1. The van der Waals surface area contributed by atoms with Gasteiger partial charge < -0.3 is 10.7 Å². The minimum Gasteiger partial charge on any atom is -0.385 e. The van der Waals surface area contributed by atoms with Gasteiger partial charge in [0.15, 0.2) is 6.29 Å². The molecule has 6 heteroatoms. The minimum atomic E-state index is -2.91. The first kappa shape index (κ1) is 9.37. The number of rotatable bonds is 2. The number of aromatic amines is 1. The lowest BCUT2D eigenvalue weighted by Gasteiger charge is -2.01. The van der Waals surface area contributed by atoms with Gasteiger partial charge >= 0.3 is 0 Å². The Morgan fingerprint density at radius 2 is 2.15 bits per heavy atom. The molecule has 0 unspecified atom stereocenters. The van der Waals surface area contributed by atoms with Crippen LogP contribution in [0.4, 0.5) is 14.6 Å². The number of H-pyrrole nitrogens is 1. The van der Waals surface area contributed by atoms with Crippen LogP contribution >= 0.6 is 0 Å². The Morgan fingerprint density at radius 1 is 1.54 bits per heavy atom. The van der Waals surface area contributed by atoms with Crippen LogP contribution in [0.1, 0.15) is 22.3 Å². The van der Waals surface area contributed by atoms with Crippen molar-refractivity contribution >= 4 is 12.1 Å². The molecule has 70 valence electrons. The number of aromatic nitrogens is 1. The van der Waals surface area contributed by atoms with Gasteiger partial charge in [0, 0.05) is 0 Å². The van der Waals surface area contributed by atoms with E-state index in [0.717, 1.165) is 6.07 Å². The van der Waals surface area contributed by atoms with Gasteiger partial charge in [-0.3, -0.25) is 9.59 Å². The number of nitrogens with two attached hydrogens (primary N) is 1. The second kappa shape index (κ2) is 3.34. The van der Waals surface area contributed by atoms with Crippen LogP contribution in [0.15, 0.2) is 10.9 Å². The number of halogens is 2. The Bertz CT molecular complexity index is 387. The third kappa shape index (κ3) is 1.71. The SMILES string of the molecule is Nc1[nH]c(=O)c(C(F)F)cc1C=O. The number of alkyl halides is 2. The fraction of sp³-hybridized carbons (Fsp3) is 0.143. The Kier molecular flexibility index (Phi) is 2.41. The molecule has 0 radical (unpaired) electrons. The normalized spacial score (nSPS) is 10.4. The Hall–Kier alpha value is -1.72. The van der Waals surface area contributed by atoms with Crippen LogP contribution in [-0.4, -0.2) is 11.3 Å². The van der Waals surface area contributed by atoms with Gasteiger partial charge in [-0.05, 0) is 6.07 Å². The molecule has 0 saturated carbocycles. The van der Waals surface area contributed by atoms with Crippen molar-refractivity contribution in [3.05, 3.63) is 27.5 Å². The number of hydrogen-bond acceptors (Lipinski definition) is 3. The van der Waals surface area contributed by atoms with Crippen molar-refractivity contribution in [2.24, 2.45) is 0 Å². The molecule has 1 rings (SSSR count). The van der Waals surface area contributed by atoms with Gasteiger partial charge in [0.2, 0.25) is 0 Å². The quantitative estimate of drug-likeness (QED) is 0.671. The van der Waals surface area contributed by atoms with Gasteiger partial charge in [-0.15, -0.1) is 0 Å². The summed E-state index contributed by atoms with van der Waals surface area (Å²) in [4.78, 5) is 23.0. The monoisotopic (exact) mass is 188 g/mol. The average molecular weight is 188 g/mol.